The fourth-order valence-electron chi connectivity index (χ4n) is 1.58. The summed E-state index contributed by atoms with van der Waals surface area (Å²) >= 11 is 0. The van der Waals surface area contributed by atoms with Gasteiger partial charge in [-0.3, -0.25) is 4.79 Å². The summed E-state index contributed by atoms with van der Waals surface area (Å²) in [6, 6.07) is 0. The number of carbonyl (C=O) groups is 1. The number of rotatable bonds is 11. The first-order chi connectivity index (χ1) is 9.42. The van der Waals surface area contributed by atoms with E-state index in [-0.39, 0.29) is 6.10 Å². The quantitative estimate of drug-likeness (QED) is 0.325. The maximum Gasteiger partial charge on any atom is 0.293 e. The summed E-state index contributed by atoms with van der Waals surface area (Å²) in [5.74, 6) is 0.500. The first-order valence-corrected chi connectivity index (χ1v) is 7.16. The van der Waals surface area contributed by atoms with Crippen molar-refractivity contribution >= 4 is 6.47 Å². The van der Waals surface area contributed by atoms with Crippen molar-refractivity contribution < 1.29 is 14.3 Å². The minimum atomic E-state index is -0.0240. The molecule has 0 aliphatic heterocycles. The van der Waals surface area contributed by atoms with E-state index in [1.807, 2.05) is 13.0 Å². The van der Waals surface area contributed by atoms with Crippen LogP contribution < -0.4 is 0 Å². The zero-order chi connectivity index (χ0) is 15.5. The molecule has 0 rings (SSSR count). The van der Waals surface area contributed by atoms with Crippen LogP contribution in [-0.4, -0.2) is 25.8 Å². The van der Waals surface area contributed by atoms with Crippen LogP contribution in [0.5, 0.6) is 0 Å². The summed E-state index contributed by atoms with van der Waals surface area (Å²) < 4.78 is 10.5. The van der Waals surface area contributed by atoms with Gasteiger partial charge in [0.15, 0.2) is 0 Å². The highest BCUT2D eigenvalue weighted by atomic mass is 16.5. The topological polar surface area (TPSA) is 35.5 Å². The number of allylic oxidation sites excluding steroid dienone is 1. The zero-order valence-electron chi connectivity index (χ0n) is 13.3. The Labute approximate surface area is 123 Å². The van der Waals surface area contributed by atoms with Crippen molar-refractivity contribution in [2.45, 2.75) is 46.6 Å². The molecule has 0 fully saturated rings. The third-order valence-electron chi connectivity index (χ3n) is 3.00. The lowest BCUT2D eigenvalue weighted by Gasteiger charge is -2.17. The molecule has 0 aromatic carbocycles. The lowest BCUT2D eigenvalue weighted by atomic mass is 9.98. The van der Waals surface area contributed by atoms with Gasteiger partial charge >= 0.3 is 0 Å². The van der Waals surface area contributed by atoms with Crippen LogP contribution in [0.2, 0.25) is 0 Å². The molecule has 0 aromatic rings. The number of carbonyl (C=O) groups excluding carboxylic acids is 1. The molecule has 114 valence electrons. The minimum Gasteiger partial charge on any atom is -0.468 e. The monoisotopic (exact) mass is 280 g/mol. The molecule has 0 heterocycles. The lowest BCUT2D eigenvalue weighted by molar-refractivity contribution is -0.128. The molecular weight excluding hydrogens is 252 g/mol. The van der Waals surface area contributed by atoms with Gasteiger partial charge in [0.2, 0.25) is 0 Å². The Morgan fingerprint density at radius 1 is 1.25 bits per heavy atom. The summed E-state index contributed by atoms with van der Waals surface area (Å²) in [5, 5.41) is 0. The van der Waals surface area contributed by atoms with Crippen LogP contribution in [-0.2, 0) is 14.3 Å². The van der Waals surface area contributed by atoms with Crippen LogP contribution in [0.1, 0.15) is 40.5 Å². The molecule has 0 radical (unpaired) electrons. The summed E-state index contributed by atoms with van der Waals surface area (Å²) in [7, 11) is 0. The molecule has 20 heavy (non-hydrogen) atoms. The maximum atomic E-state index is 10.2. The van der Waals surface area contributed by atoms with Crippen LogP contribution in [0.3, 0.4) is 0 Å². The molecule has 0 bridgehead atoms. The van der Waals surface area contributed by atoms with Gasteiger partial charge in [-0.25, -0.2) is 0 Å². The first-order valence-electron chi connectivity index (χ1n) is 7.16. The highest BCUT2D eigenvalue weighted by Gasteiger charge is 2.09. The van der Waals surface area contributed by atoms with Crippen LogP contribution in [0, 0.1) is 5.92 Å². The number of hydrogen-bond donors (Lipinski definition) is 0. The van der Waals surface area contributed by atoms with E-state index in [4.69, 9.17) is 9.47 Å². The van der Waals surface area contributed by atoms with E-state index in [1.165, 1.54) is 0 Å². The lowest BCUT2D eigenvalue weighted by Crippen LogP contribution is -2.14. The van der Waals surface area contributed by atoms with E-state index in [0.29, 0.717) is 32.0 Å². The predicted octanol–water partition coefficient (Wildman–Crippen LogP) is 4.06. The van der Waals surface area contributed by atoms with E-state index >= 15 is 0 Å². The largest absolute Gasteiger partial charge is 0.468 e. The van der Waals surface area contributed by atoms with Crippen LogP contribution in [0.4, 0.5) is 0 Å². The molecular formula is C17H28O3. The highest BCUT2D eigenvalue weighted by Crippen LogP contribution is 2.20. The molecule has 0 N–H and O–H groups in total. The Morgan fingerprint density at radius 2 is 1.90 bits per heavy atom. The molecule has 0 saturated heterocycles. The van der Waals surface area contributed by atoms with E-state index in [0.717, 1.165) is 23.1 Å². The van der Waals surface area contributed by atoms with Gasteiger partial charge < -0.3 is 9.47 Å². The van der Waals surface area contributed by atoms with Crippen LogP contribution in [0.25, 0.3) is 0 Å². The van der Waals surface area contributed by atoms with Crippen molar-refractivity contribution in [3.8, 4) is 0 Å². The Morgan fingerprint density at radius 3 is 2.40 bits per heavy atom. The molecule has 3 nitrogen and oxygen atoms in total. The van der Waals surface area contributed by atoms with Gasteiger partial charge in [-0.2, -0.15) is 0 Å². The maximum absolute atomic E-state index is 10.2. The fraction of sp³-hybridized carbons (Fsp3) is 0.588. The van der Waals surface area contributed by atoms with Gasteiger partial charge in [0, 0.05) is 13.0 Å². The van der Waals surface area contributed by atoms with Crippen molar-refractivity contribution in [1.82, 2.24) is 0 Å². The Balaban J connectivity index is 4.65. The van der Waals surface area contributed by atoms with E-state index in [9.17, 15) is 4.79 Å². The van der Waals surface area contributed by atoms with Crippen LogP contribution >= 0.6 is 0 Å². The number of hydrogen-bond acceptors (Lipinski definition) is 3. The first kappa shape index (κ1) is 18.7. The van der Waals surface area contributed by atoms with Crippen molar-refractivity contribution in [1.29, 1.82) is 0 Å². The van der Waals surface area contributed by atoms with Crippen molar-refractivity contribution in [3.05, 3.63) is 36.0 Å². The molecule has 0 amide bonds. The molecule has 0 aliphatic carbocycles. The molecule has 0 aromatic heterocycles. The van der Waals surface area contributed by atoms with Gasteiger partial charge in [-0.15, -0.1) is 0 Å². The normalized spacial score (nSPS) is 13.2. The number of ether oxygens (including phenoxy) is 2. The predicted molar refractivity (Wildman–Crippen MR) is 83.5 cm³/mol. The SMILES string of the molecule is C=C(CC)/C(=C\C(=C)C(C)OCC(C)C)CCOC=O. The summed E-state index contributed by atoms with van der Waals surface area (Å²) in [6.07, 6.45) is 3.50. The average molecular weight is 280 g/mol. The Bertz CT molecular complexity index is 353. The summed E-state index contributed by atoms with van der Waals surface area (Å²) in [4.78, 5) is 10.2. The van der Waals surface area contributed by atoms with Gasteiger partial charge in [0.1, 0.15) is 0 Å². The van der Waals surface area contributed by atoms with E-state index in [1.54, 1.807) is 0 Å². The van der Waals surface area contributed by atoms with E-state index in [2.05, 4.69) is 33.9 Å². The van der Waals surface area contributed by atoms with Gasteiger partial charge in [-0.1, -0.05) is 45.6 Å². The Hall–Kier alpha value is -1.35. The molecule has 1 atom stereocenters. The van der Waals surface area contributed by atoms with Gasteiger partial charge in [0.05, 0.1) is 12.7 Å². The Kier molecular flexibility index (Phi) is 9.73. The smallest absolute Gasteiger partial charge is 0.293 e. The molecule has 3 heteroatoms. The second kappa shape index (κ2) is 10.4. The third kappa shape index (κ3) is 7.95. The standard InChI is InChI=1S/C17H28O3/c1-7-14(4)17(8-9-19-12-18)10-15(5)16(6)20-11-13(2)3/h10,12-13,16H,4-5,7-9,11H2,1-3,6H3/b17-10-. The zero-order valence-corrected chi connectivity index (χ0v) is 13.3. The van der Waals surface area contributed by atoms with E-state index < -0.39 is 0 Å². The second-order valence-electron chi connectivity index (χ2n) is 5.29. The van der Waals surface area contributed by atoms with Gasteiger partial charge in [0.25, 0.3) is 6.47 Å². The summed E-state index contributed by atoms with van der Waals surface area (Å²) in [6.45, 7) is 17.9. The molecule has 0 saturated carbocycles. The summed E-state index contributed by atoms with van der Waals surface area (Å²) in [5.41, 5.74) is 3.03. The fourth-order valence-corrected chi connectivity index (χ4v) is 1.58. The minimum absolute atomic E-state index is 0.0240. The third-order valence-corrected chi connectivity index (χ3v) is 3.00. The molecule has 1 unspecified atom stereocenters. The van der Waals surface area contributed by atoms with Crippen LogP contribution in [0.15, 0.2) is 36.0 Å². The van der Waals surface area contributed by atoms with Crippen molar-refractivity contribution in [3.63, 3.8) is 0 Å². The average Bonchev–Trinajstić information content (AvgIpc) is 2.42. The second-order valence-corrected chi connectivity index (χ2v) is 5.29. The molecule has 0 spiro atoms. The molecule has 0 aliphatic rings. The highest BCUT2D eigenvalue weighted by molar-refractivity contribution is 5.38. The van der Waals surface area contributed by atoms with Crippen molar-refractivity contribution in [2.75, 3.05) is 13.2 Å². The van der Waals surface area contributed by atoms with Gasteiger partial charge in [-0.05, 0) is 30.4 Å². The van der Waals surface area contributed by atoms with Crippen molar-refractivity contribution in [2.24, 2.45) is 5.92 Å².